The van der Waals surface area contributed by atoms with Gasteiger partial charge in [0, 0.05) is 45.0 Å². The Morgan fingerprint density at radius 1 is 1.16 bits per heavy atom. The van der Waals surface area contributed by atoms with Gasteiger partial charge in [-0.1, -0.05) is 12.8 Å². The Morgan fingerprint density at radius 2 is 1.81 bits per heavy atom. The molecule has 1 unspecified atom stereocenters. The minimum absolute atomic E-state index is 0.108. The second-order valence-corrected chi connectivity index (χ2v) is 8.31. The Bertz CT molecular complexity index is 743. The second-order valence-electron chi connectivity index (χ2n) is 8.31. The summed E-state index contributed by atoms with van der Waals surface area (Å²) >= 11 is 0. The number of amides is 2. The molecule has 2 aliphatic heterocycles. The number of urea groups is 1. The topological polar surface area (TPSA) is 90.7 Å². The van der Waals surface area contributed by atoms with Crippen molar-refractivity contribution in [1.29, 1.82) is 0 Å². The van der Waals surface area contributed by atoms with E-state index in [0.29, 0.717) is 6.04 Å². The number of carbonyl (C=O) groups excluding carboxylic acids is 1. The monoisotopic (exact) mass is 445 g/mol. The van der Waals surface area contributed by atoms with E-state index in [1.54, 1.807) is 0 Å². The molecule has 8 nitrogen and oxygen atoms in total. The van der Waals surface area contributed by atoms with Crippen LogP contribution in [-0.2, 0) is 11.3 Å². The van der Waals surface area contributed by atoms with Crippen LogP contribution in [-0.4, -0.2) is 75.1 Å². The SMILES string of the molecule is O=C(NCCC1CN(C2CCCC2)Cc2ccnn21)N1CCCC1.O=C(O)C(F)(F)F. The fourth-order valence-electron chi connectivity index (χ4n) is 4.56. The van der Waals surface area contributed by atoms with Gasteiger partial charge in [0.15, 0.2) is 0 Å². The minimum Gasteiger partial charge on any atom is -0.475 e. The largest absolute Gasteiger partial charge is 0.490 e. The maximum absolute atomic E-state index is 12.1. The van der Waals surface area contributed by atoms with Gasteiger partial charge in [0.2, 0.25) is 0 Å². The van der Waals surface area contributed by atoms with Crippen LogP contribution < -0.4 is 5.32 Å². The molecule has 1 atom stereocenters. The average Bonchev–Trinajstić information content (AvgIpc) is 3.49. The van der Waals surface area contributed by atoms with Crippen molar-refractivity contribution in [3.8, 4) is 0 Å². The highest BCUT2D eigenvalue weighted by atomic mass is 19.4. The van der Waals surface area contributed by atoms with Crippen LogP contribution in [0.2, 0.25) is 0 Å². The minimum atomic E-state index is -5.08. The first-order valence-electron chi connectivity index (χ1n) is 10.8. The number of aromatic nitrogens is 2. The number of hydrogen-bond donors (Lipinski definition) is 2. The van der Waals surface area contributed by atoms with E-state index >= 15 is 0 Å². The van der Waals surface area contributed by atoms with Gasteiger partial charge in [-0.15, -0.1) is 0 Å². The van der Waals surface area contributed by atoms with Crippen LogP contribution in [0.4, 0.5) is 18.0 Å². The number of nitrogens with one attached hydrogen (secondary N) is 1. The lowest BCUT2D eigenvalue weighted by molar-refractivity contribution is -0.192. The average molecular weight is 445 g/mol. The third-order valence-electron chi connectivity index (χ3n) is 6.14. The molecule has 1 aromatic rings. The Balaban J connectivity index is 0.000000339. The molecule has 2 fully saturated rings. The van der Waals surface area contributed by atoms with Gasteiger partial charge >= 0.3 is 18.2 Å². The fourth-order valence-corrected chi connectivity index (χ4v) is 4.56. The number of rotatable bonds is 4. The summed E-state index contributed by atoms with van der Waals surface area (Å²) in [6.45, 7) is 4.65. The lowest BCUT2D eigenvalue weighted by Crippen LogP contribution is -2.44. The fraction of sp³-hybridized carbons (Fsp3) is 0.750. The van der Waals surface area contributed by atoms with E-state index in [1.807, 2.05) is 11.1 Å². The van der Waals surface area contributed by atoms with E-state index in [-0.39, 0.29) is 6.03 Å². The highest BCUT2D eigenvalue weighted by molar-refractivity contribution is 5.74. The zero-order valence-corrected chi connectivity index (χ0v) is 17.5. The van der Waals surface area contributed by atoms with Crippen molar-refractivity contribution in [3.05, 3.63) is 18.0 Å². The predicted octanol–water partition coefficient (Wildman–Crippen LogP) is 3.01. The highest BCUT2D eigenvalue weighted by Crippen LogP contribution is 2.30. The number of hydrogen-bond acceptors (Lipinski definition) is 4. The van der Waals surface area contributed by atoms with Gasteiger partial charge in [-0.2, -0.15) is 18.3 Å². The molecule has 2 amide bonds. The summed E-state index contributed by atoms with van der Waals surface area (Å²) in [6.07, 6.45) is 5.50. The zero-order valence-electron chi connectivity index (χ0n) is 17.5. The Morgan fingerprint density at radius 3 is 2.42 bits per heavy atom. The third kappa shape index (κ3) is 6.34. The molecule has 1 saturated carbocycles. The van der Waals surface area contributed by atoms with Crippen LogP contribution in [0.25, 0.3) is 0 Å². The van der Waals surface area contributed by atoms with Crippen LogP contribution in [0.1, 0.15) is 56.7 Å². The van der Waals surface area contributed by atoms with Crippen molar-refractivity contribution in [3.63, 3.8) is 0 Å². The molecule has 31 heavy (non-hydrogen) atoms. The molecule has 0 radical (unpaired) electrons. The molecule has 11 heteroatoms. The molecular weight excluding hydrogens is 415 g/mol. The van der Waals surface area contributed by atoms with Crippen LogP contribution in [0.15, 0.2) is 12.3 Å². The van der Waals surface area contributed by atoms with Crippen LogP contribution in [0, 0.1) is 0 Å². The molecule has 4 rings (SSSR count). The molecule has 2 N–H and O–H groups in total. The predicted molar refractivity (Wildman–Crippen MR) is 106 cm³/mol. The number of carboxylic acid groups (broad SMARTS) is 1. The molecule has 0 aromatic carbocycles. The lowest BCUT2D eigenvalue weighted by Gasteiger charge is -2.37. The number of alkyl halides is 3. The van der Waals surface area contributed by atoms with Crippen LogP contribution in [0.3, 0.4) is 0 Å². The van der Waals surface area contributed by atoms with Crippen molar-refractivity contribution in [2.75, 3.05) is 26.2 Å². The Kier molecular flexibility index (Phi) is 7.79. The number of carboxylic acids is 1. The summed E-state index contributed by atoms with van der Waals surface area (Å²) in [4.78, 5) is 25.6. The van der Waals surface area contributed by atoms with Gasteiger partial charge in [0.1, 0.15) is 0 Å². The smallest absolute Gasteiger partial charge is 0.475 e. The lowest BCUT2D eigenvalue weighted by atomic mass is 10.1. The quantitative estimate of drug-likeness (QED) is 0.744. The van der Waals surface area contributed by atoms with Crippen LogP contribution in [0.5, 0.6) is 0 Å². The van der Waals surface area contributed by atoms with Crippen molar-refractivity contribution in [2.24, 2.45) is 0 Å². The second kappa shape index (κ2) is 10.3. The van der Waals surface area contributed by atoms with Crippen LogP contribution >= 0.6 is 0 Å². The van der Waals surface area contributed by atoms with E-state index in [9.17, 15) is 18.0 Å². The Hall–Kier alpha value is -2.30. The van der Waals surface area contributed by atoms with E-state index in [1.165, 1.54) is 31.4 Å². The standard InChI is InChI=1S/C18H29N5O.C2HF3O2/c24-18(21-11-3-4-12-21)19-9-7-16-13-22(15-5-1-2-6-15)14-17-8-10-20-23(16)17;3-2(4,5)1(6)7/h8,10,15-16H,1-7,9,11-14H2,(H,19,24);(H,6,7). The maximum atomic E-state index is 12.1. The summed E-state index contributed by atoms with van der Waals surface area (Å²) in [5.41, 5.74) is 1.32. The van der Waals surface area contributed by atoms with E-state index in [0.717, 1.165) is 58.0 Å². The first kappa shape index (κ1) is 23.4. The zero-order chi connectivity index (χ0) is 22.4. The summed E-state index contributed by atoms with van der Waals surface area (Å²) in [5.74, 6) is -2.76. The summed E-state index contributed by atoms with van der Waals surface area (Å²) in [7, 11) is 0. The van der Waals surface area contributed by atoms with E-state index < -0.39 is 12.1 Å². The number of likely N-dealkylation sites (tertiary alicyclic amines) is 1. The highest BCUT2D eigenvalue weighted by Gasteiger charge is 2.38. The molecular formula is C20H30F3N5O3. The van der Waals surface area contributed by atoms with Crippen molar-refractivity contribution in [1.82, 2.24) is 24.9 Å². The van der Waals surface area contributed by atoms with Gasteiger partial charge in [-0.05, 0) is 38.2 Å². The van der Waals surface area contributed by atoms with Gasteiger partial charge in [-0.3, -0.25) is 9.58 Å². The third-order valence-corrected chi connectivity index (χ3v) is 6.14. The Labute approximate surface area is 179 Å². The molecule has 1 saturated heterocycles. The van der Waals surface area contributed by atoms with E-state index in [2.05, 4.69) is 26.1 Å². The van der Waals surface area contributed by atoms with Crippen molar-refractivity contribution in [2.45, 2.75) is 69.8 Å². The normalized spacial score (nSPS) is 22.0. The molecule has 3 aliphatic rings. The summed E-state index contributed by atoms with van der Waals surface area (Å²) in [5, 5.41) is 14.8. The van der Waals surface area contributed by atoms with E-state index in [4.69, 9.17) is 9.90 Å². The first-order valence-corrected chi connectivity index (χ1v) is 10.8. The number of aliphatic carboxylic acids is 1. The number of carbonyl (C=O) groups is 2. The van der Waals surface area contributed by atoms with Gasteiger partial charge < -0.3 is 15.3 Å². The van der Waals surface area contributed by atoms with Crippen molar-refractivity contribution < 1.29 is 27.9 Å². The molecule has 0 spiro atoms. The van der Waals surface area contributed by atoms with Gasteiger partial charge in [0.05, 0.1) is 11.7 Å². The van der Waals surface area contributed by atoms with Crippen molar-refractivity contribution >= 4 is 12.0 Å². The summed E-state index contributed by atoms with van der Waals surface area (Å²) in [6, 6.07) is 3.38. The maximum Gasteiger partial charge on any atom is 0.490 e. The molecule has 1 aromatic heterocycles. The molecule has 0 bridgehead atoms. The number of halogens is 3. The number of nitrogens with zero attached hydrogens (tertiary/aromatic N) is 4. The van der Waals surface area contributed by atoms with Gasteiger partial charge in [-0.25, -0.2) is 9.59 Å². The molecule has 1 aliphatic carbocycles. The molecule has 3 heterocycles. The molecule has 174 valence electrons. The summed E-state index contributed by atoms with van der Waals surface area (Å²) < 4.78 is 33.9. The first-order chi connectivity index (χ1) is 14.8. The van der Waals surface area contributed by atoms with Gasteiger partial charge in [0.25, 0.3) is 0 Å². The number of fused-ring (bicyclic) bond motifs is 1.